The van der Waals surface area contributed by atoms with E-state index in [0.29, 0.717) is 16.9 Å². The fourth-order valence-corrected chi connectivity index (χ4v) is 2.55. The minimum Gasteiger partial charge on any atom is -0.478 e. The van der Waals surface area contributed by atoms with E-state index in [1.165, 1.54) is 24.5 Å². The molecular formula is C21H17FN2O4. The van der Waals surface area contributed by atoms with E-state index in [1.807, 2.05) is 0 Å². The maximum absolute atomic E-state index is 13.8. The average molecular weight is 380 g/mol. The Morgan fingerprint density at radius 3 is 2.11 bits per heavy atom. The van der Waals surface area contributed by atoms with Crippen LogP contribution in [0, 0.1) is 5.82 Å². The van der Waals surface area contributed by atoms with Gasteiger partial charge in [-0.15, -0.1) is 0 Å². The maximum atomic E-state index is 13.8. The molecule has 0 fully saturated rings. The largest absolute Gasteiger partial charge is 0.478 e. The molecule has 0 amide bonds. The number of allylic oxidation sites excluding steroid dienone is 1. The van der Waals surface area contributed by atoms with Gasteiger partial charge in [0.2, 0.25) is 11.8 Å². The molecule has 1 N–H and O–H groups in total. The number of ether oxygens (including phenoxy) is 2. The summed E-state index contributed by atoms with van der Waals surface area (Å²) in [6.45, 7) is 3.43. The molecule has 0 aliphatic heterocycles. The molecular weight excluding hydrogens is 363 g/mol. The average Bonchev–Trinajstić information content (AvgIpc) is 2.65. The Labute approximate surface area is 160 Å². The second kappa shape index (κ2) is 8.30. The lowest BCUT2D eigenvalue weighted by atomic mass is 10.0. The van der Waals surface area contributed by atoms with Gasteiger partial charge in [-0.2, -0.15) is 0 Å². The number of benzene rings is 2. The summed E-state index contributed by atoms with van der Waals surface area (Å²) >= 11 is 0. The summed E-state index contributed by atoms with van der Waals surface area (Å²) in [7, 11) is 0. The Morgan fingerprint density at radius 1 is 0.929 bits per heavy atom. The number of para-hydroxylation sites is 2. The van der Waals surface area contributed by atoms with Crippen molar-refractivity contribution in [1.82, 2.24) is 9.97 Å². The van der Waals surface area contributed by atoms with E-state index in [-0.39, 0.29) is 23.1 Å². The van der Waals surface area contributed by atoms with Crippen LogP contribution in [-0.2, 0) is 4.79 Å². The smallest absolute Gasteiger partial charge is 0.336 e. The Balaban J connectivity index is 1.91. The molecule has 142 valence electrons. The molecule has 0 unspecified atom stereocenters. The van der Waals surface area contributed by atoms with Gasteiger partial charge in [-0.25, -0.2) is 19.2 Å². The molecule has 0 saturated carbocycles. The van der Waals surface area contributed by atoms with Crippen molar-refractivity contribution < 1.29 is 23.8 Å². The molecule has 0 atom stereocenters. The van der Waals surface area contributed by atoms with E-state index in [9.17, 15) is 14.3 Å². The van der Waals surface area contributed by atoms with Crippen LogP contribution in [0.2, 0.25) is 0 Å². The van der Waals surface area contributed by atoms with Crippen molar-refractivity contribution in [3.8, 4) is 23.3 Å². The van der Waals surface area contributed by atoms with Crippen molar-refractivity contribution in [2.24, 2.45) is 0 Å². The van der Waals surface area contributed by atoms with E-state index < -0.39 is 11.8 Å². The highest BCUT2D eigenvalue weighted by atomic mass is 19.1. The van der Waals surface area contributed by atoms with E-state index in [4.69, 9.17) is 9.47 Å². The molecule has 1 heterocycles. The Bertz CT molecular complexity index is 1050. The van der Waals surface area contributed by atoms with Crippen LogP contribution < -0.4 is 9.47 Å². The molecule has 0 bridgehead atoms. The number of aromatic nitrogens is 2. The van der Waals surface area contributed by atoms with E-state index in [2.05, 4.69) is 9.97 Å². The van der Waals surface area contributed by atoms with Crippen molar-refractivity contribution in [2.75, 3.05) is 0 Å². The first-order valence-corrected chi connectivity index (χ1v) is 8.38. The van der Waals surface area contributed by atoms with E-state index in [0.717, 1.165) is 0 Å². The number of aliphatic carboxylic acids is 1. The van der Waals surface area contributed by atoms with Crippen LogP contribution in [0.15, 0.2) is 66.5 Å². The minimum atomic E-state index is -1.05. The van der Waals surface area contributed by atoms with Gasteiger partial charge in [-0.05, 0) is 32.0 Å². The molecule has 0 saturated heterocycles. The monoisotopic (exact) mass is 380 g/mol. The fraction of sp³-hybridized carbons (Fsp3) is 0.0952. The second-order valence-corrected chi connectivity index (χ2v) is 6.01. The molecule has 6 nitrogen and oxygen atoms in total. The van der Waals surface area contributed by atoms with Gasteiger partial charge in [-0.1, -0.05) is 35.9 Å². The topological polar surface area (TPSA) is 81.5 Å². The lowest BCUT2D eigenvalue weighted by molar-refractivity contribution is -0.130. The zero-order chi connectivity index (χ0) is 20.1. The number of nitrogens with zero attached hydrogens (tertiary/aromatic N) is 2. The molecule has 7 heteroatoms. The zero-order valence-corrected chi connectivity index (χ0v) is 15.2. The van der Waals surface area contributed by atoms with Crippen molar-refractivity contribution >= 4 is 11.5 Å². The van der Waals surface area contributed by atoms with Gasteiger partial charge in [0.1, 0.15) is 12.1 Å². The predicted octanol–water partition coefficient (Wildman–Crippen LogP) is 5.08. The highest BCUT2D eigenvalue weighted by molar-refractivity contribution is 6.17. The summed E-state index contributed by atoms with van der Waals surface area (Å²) in [6.07, 6.45) is 1.22. The third kappa shape index (κ3) is 4.32. The molecule has 0 aliphatic carbocycles. The SMILES string of the molecule is CC(C)=C(C(=O)O)c1ccccc1Oc1cc(Oc2ccccc2F)ncn1. The van der Waals surface area contributed by atoms with Crippen LogP contribution in [0.5, 0.6) is 23.3 Å². The van der Waals surface area contributed by atoms with Crippen molar-refractivity contribution in [3.63, 3.8) is 0 Å². The highest BCUT2D eigenvalue weighted by Gasteiger charge is 2.18. The first kappa shape index (κ1) is 19.0. The van der Waals surface area contributed by atoms with Crippen LogP contribution in [0.3, 0.4) is 0 Å². The molecule has 0 radical (unpaired) electrons. The number of hydrogen-bond donors (Lipinski definition) is 1. The van der Waals surface area contributed by atoms with Gasteiger partial charge < -0.3 is 14.6 Å². The summed E-state index contributed by atoms with van der Waals surface area (Å²) < 4.78 is 25.0. The summed E-state index contributed by atoms with van der Waals surface area (Å²) in [5, 5.41) is 9.53. The number of hydrogen-bond acceptors (Lipinski definition) is 5. The van der Waals surface area contributed by atoms with Crippen molar-refractivity contribution in [3.05, 3.63) is 77.9 Å². The van der Waals surface area contributed by atoms with Crippen LogP contribution in [0.25, 0.3) is 5.57 Å². The zero-order valence-electron chi connectivity index (χ0n) is 15.2. The van der Waals surface area contributed by atoms with Gasteiger partial charge >= 0.3 is 5.97 Å². The van der Waals surface area contributed by atoms with Crippen LogP contribution in [-0.4, -0.2) is 21.0 Å². The summed E-state index contributed by atoms with van der Waals surface area (Å²) in [5.74, 6) is -1.02. The summed E-state index contributed by atoms with van der Waals surface area (Å²) in [5.41, 5.74) is 1.20. The van der Waals surface area contributed by atoms with Crippen molar-refractivity contribution in [2.45, 2.75) is 13.8 Å². The third-order valence-electron chi connectivity index (χ3n) is 3.75. The van der Waals surface area contributed by atoms with Crippen LogP contribution in [0.1, 0.15) is 19.4 Å². The molecule has 3 aromatic rings. The molecule has 0 aliphatic rings. The number of carbonyl (C=O) groups is 1. The first-order valence-electron chi connectivity index (χ1n) is 8.38. The quantitative estimate of drug-likeness (QED) is 0.601. The van der Waals surface area contributed by atoms with Gasteiger partial charge in [0.25, 0.3) is 0 Å². The first-order chi connectivity index (χ1) is 13.5. The molecule has 0 spiro atoms. The van der Waals surface area contributed by atoms with Gasteiger partial charge in [0.15, 0.2) is 11.6 Å². The number of carboxylic acid groups (broad SMARTS) is 1. The Hall–Kier alpha value is -3.74. The van der Waals surface area contributed by atoms with Gasteiger partial charge in [0, 0.05) is 5.56 Å². The summed E-state index contributed by atoms with van der Waals surface area (Å²) in [4.78, 5) is 19.6. The third-order valence-corrected chi connectivity index (χ3v) is 3.75. The van der Waals surface area contributed by atoms with E-state index in [1.54, 1.807) is 50.2 Å². The Morgan fingerprint density at radius 2 is 1.50 bits per heavy atom. The Kier molecular flexibility index (Phi) is 5.64. The molecule has 3 rings (SSSR count). The number of rotatable bonds is 6. The lowest BCUT2D eigenvalue weighted by Gasteiger charge is -2.13. The normalized spacial score (nSPS) is 10.2. The number of halogens is 1. The second-order valence-electron chi connectivity index (χ2n) is 6.01. The van der Waals surface area contributed by atoms with Crippen molar-refractivity contribution in [1.29, 1.82) is 0 Å². The highest BCUT2D eigenvalue weighted by Crippen LogP contribution is 2.32. The fourth-order valence-electron chi connectivity index (χ4n) is 2.55. The standard InChI is InChI=1S/C21H17FN2O4/c1-13(2)20(21(25)26)14-7-3-5-9-16(14)27-18-11-19(24-12-23-18)28-17-10-6-4-8-15(17)22/h3-12H,1-2H3,(H,25,26). The lowest BCUT2D eigenvalue weighted by Crippen LogP contribution is -2.04. The molecule has 2 aromatic carbocycles. The molecule has 28 heavy (non-hydrogen) atoms. The molecule has 1 aromatic heterocycles. The minimum absolute atomic E-state index is 0.0188. The van der Waals surface area contributed by atoms with Crippen LogP contribution >= 0.6 is 0 Å². The predicted molar refractivity (Wildman–Crippen MR) is 101 cm³/mol. The maximum Gasteiger partial charge on any atom is 0.336 e. The number of carboxylic acids is 1. The van der Waals surface area contributed by atoms with Gasteiger partial charge in [0.05, 0.1) is 11.6 Å². The van der Waals surface area contributed by atoms with E-state index >= 15 is 0 Å². The van der Waals surface area contributed by atoms with Gasteiger partial charge in [-0.3, -0.25) is 0 Å². The van der Waals surface area contributed by atoms with Crippen LogP contribution in [0.4, 0.5) is 4.39 Å². The summed E-state index contributed by atoms with van der Waals surface area (Å²) in [6, 6.07) is 14.1.